The van der Waals surface area contributed by atoms with Gasteiger partial charge in [-0.05, 0) is 37.5 Å². The Morgan fingerprint density at radius 3 is 2.87 bits per heavy atom. The number of amides is 1. The first kappa shape index (κ1) is 19.7. The van der Waals surface area contributed by atoms with Crippen LogP contribution in [0.2, 0.25) is 0 Å². The first-order chi connectivity index (χ1) is 10.2. The standard InChI is InChI=1S/C16H22N4O.2ClH/c1-2-12(17)16(21)18-11-7-8-14-13(10-11)19-15-6-4-3-5-9-20(14)15;;/h7-8,10,12H,2-6,9,17H2,1H3,(H,18,21);2*1H/t12-;;/m0../s1. The van der Waals surface area contributed by atoms with Crippen LogP contribution in [-0.4, -0.2) is 21.5 Å². The van der Waals surface area contributed by atoms with Gasteiger partial charge in [-0.2, -0.15) is 0 Å². The van der Waals surface area contributed by atoms with E-state index in [4.69, 9.17) is 10.7 Å². The van der Waals surface area contributed by atoms with Gasteiger partial charge < -0.3 is 15.6 Å². The van der Waals surface area contributed by atoms with Crippen LogP contribution in [0.15, 0.2) is 18.2 Å². The van der Waals surface area contributed by atoms with Crippen molar-refractivity contribution in [2.45, 2.75) is 51.6 Å². The number of hydrogen-bond acceptors (Lipinski definition) is 3. The molecule has 1 aromatic heterocycles. The Hall–Kier alpha value is -1.30. The number of nitrogens with two attached hydrogens (primary N) is 1. The molecule has 0 spiro atoms. The zero-order chi connectivity index (χ0) is 14.8. The van der Waals surface area contributed by atoms with E-state index >= 15 is 0 Å². The lowest BCUT2D eigenvalue weighted by Crippen LogP contribution is -2.34. The number of hydrogen-bond donors (Lipinski definition) is 2. The predicted molar refractivity (Wildman–Crippen MR) is 98.7 cm³/mol. The van der Waals surface area contributed by atoms with Gasteiger partial charge in [-0.1, -0.05) is 13.3 Å². The second-order valence-electron chi connectivity index (χ2n) is 5.70. The molecule has 1 amide bonds. The number of anilines is 1. The third kappa shape index (κ3) is 4.16. The van der Waals surface area contributed by atoms with Crippen molar-refractivity contribution in [3.05, 3.63) is 24.0 Å². The van der Waals surface area contributed by atoms with Gasteiger partial charge in [0.2, 0.25) is 5.91 Å². The topological polar surface area (TPSA) is 72.9 Å². The summed E-state index contributed by atoms with van der Waals surface area (Å²) in [6, 6.07) is 5.46. The molecule has 7 heteroatoms. The van der Waals surface area contributed by atoms with E-state index in [-0.39, 0.29) is 30.7 Å². The molecule has 2 heterocycles. The molecular formula is C16H24Cl2N4O. The number of aromatic nitrogens is 2. The molecule has 0 aliphatic carbocycles. The summed E-state index contributed by atoms with van der Waals surface area (Å²) in [5.41, 5.74) is 8.62. The van der Waals surface area contributed by atoms with E-state index < -0.39 is 6.04 Å². The van der Waals surface area contributed by atoms with Gasteiger partial charge in [0.05, 0.1) is 17.1 Å². The minimum absolute atomic E-state index is 0. The number of rotatable bonds is 3. The predicted octanol–water partition coefficient (Wildman–Crippen LogP) is 3.28. The van der Waals surface area contributed by atoms with Crippen molar-refractivity contribution in [3.63, 3.8) is 0 Å². The number of imidazole rings is 1. The van der Waals surface area contributed by atoms with Crippen molar-refractivity contribution in [2.24, 2.45) is 5.73 Å². The summed E-state index contributed by atoms with van der Waals surface area (Å²) in [5.74, 6) is 1.02. The van der Waals surface area contributed by atoms with Crippen LogP contribution in [0, 0.1) is 0 Å². The Morgan fingerprint density at radius 2 is 2.13 bits per heavy atom. The molecule has 5 nitrogen and oxygen atoms in total. The van der Waals surface area contributed by atoms with Crippen molar-refractivity contribution < 1.29 is 4.79 Å². The van der Waals surface area contributed by atoms with Gasteiger partial charge in [0, 0.05) is 18.7 Å². The fourth-order valence-corrected chi connectivity index (χ4v) is 2.85. The molecule has 128 valence electrons. The van der Waals surface area contributed by atoms with Gasteiger partial charge in [-0.3, -0.25) is 4.79 Å². The van der Waals surface area contributed by atoms with Crippen LogP contribution < -0.4 is 11.1 Å². The molecule has 2 aromatic rings. The summed E-state index contributed by atoms with van der Waals surface area (Å²) >= 11 is 0. The van der Waals surface area contributed by atoms with Crippen LogP contribution in [0.4, 0.5) is 5.69 Å². The lowest BCUT2D eigenvalue weighted by molar-refractivity contribution is -0.117. The molecular weight excluding hydrogens is 335 g/mol. The minimum Gasteiger partial charge on any atom is -0.328 e. The first-order valence-corrected chi connectivity index (χ1v) is 7.74. The highest BCUT2D eigenvalue weighted by Gasteiger charge is 2.15. The van der Waals surface area contributed by atoms with Crippen LogP contribution in [-0.2, 0) is 17.8 Å². The monoisotopic (exact) mass is 358 g/mol. The Balaban J connectivity index is 0.00000132. The molecule has 1 aliphatic rings. The first-order valence-electron chi connectivity index (χ1n) is 7.74. The normalized spacial score (nSPS) is 14.9. The molecule has 3 rings (SSSR count). The summed E-state index contributed by atoms with van der Waals surface area (Å²) in [4.78, 5) is 16.6. The van der Waals surface area contributed by atoms with Crippen molar-refractivity contribution in [1.82, 2.24) is 9.55 Å². The number of halogens is 2. The number of nitrogens with one attached hydrogen (secondary N) is 1. The molecule has 0 fully saturated rings. The summed E-state index contributed by atoms with van der Waals surface area (Å²) in [6.45, 7) is 2.94. The van der Waals surface area contributed by atoms with Gasteiger partial charge in [0.15, 0.2) is 0 Å². The highest BCUT2D eigenvalue weighted by molar-refractivity contribution is 5.96. The maximum Gasteiger partial charge on any atom is 0.241 e. The average molecular weight is 359 g/mol. The Labute approximate surface area is 148 Å². The molecule has 0 bridgehead atoms. The maximum atomic E-state index is 11.9. The number of nitrogens with zero attached hydrogens (tertiary/aromatic N) is 2. The number of carbonyl (C=O) groups is 1. The van der Waals surface area contributed by atoms with E-state index in [1.54, 1.807) is 0 Å². The van der Waals surface area contributed by atoms with Crippen LogP contribution in [0.1, 0.15) is 38.4 Å². The molecule has 3 N–H and O–H groups in total. The third-order valence-corrected chi connectivity index (χ3v) is 4.15. The summed E-state index contributed by atoms with van der Waals surface area (Å²) < 4.78 is 2.31. The van der Waals surface area contributed by atoms with Gasteiger partial charge in [-0.15, -0.1) is 24.8 Å². The van der Waals surface area contributed by atoms with E-state index in [0.29, 0.717) is 6.42 Å². The van der Waals surface area contributed by atoms with Crippen LogP contribution in [0.3, 0.4) is 0 Å². The molecule has 23 heavy (non-hydrogen) atoms. The third-order valence-electron chi connectivity index (χ3n) is 4.15. The Kier molecular flexibility index (Phi) is 7.32. The van der Waals surface area contributed by atoms with E-state index in [9.17, 15) is 4.79 Å². The number of carbonyl (C=O) groups excluding carboxylic acids is 1. The Morgan fingerprint density at radius 1 is 1.35 bits per heavy atom. The Bertz CT molecular complexity index is 671. The molecule has 1 aliphatic heterocycles. The number of benzene rings is 1. The largest absolute Gasteiger partial charge is 0.328 e. The van der Waals surface area contributed by atoms with Crippen LogP contribution in [0.5, 0.6) is 0 Å². The quantitative estimate of drug-likeness (QED) is 0.883. The van der Waals surface area contributed by atoms with Crippen molar-refractivity contribution in [3.8, 4) is 0 Å². The van der Waals surface area contributed by atoms with E-state index in [1.807, 2.05) is 25.1 Å². The zero-order valence-electron chi connectivity index (χ0n) is 13.2. The van der Waals surface area contributed by atoms with Crippen molar-refractivity contribution in [1.29, 1.82) is 0 Å². The van der Waals surface area contributed by atoms with Gasteiger partial charge in [0.1, 0.15) is 5.82 Å². The van der Waals surface area contributed by atoms with Gasteiger partial charge >= 0.3 is 0 Å². The molecule has 1 aromatic carbocycles. The fraction of sp³-hybridized carbons (Fsp3) is 0.500. The molecule has 0 radical (unpaired) electrons. The molecule has 0 saturated heterocycles. The number of aryl methyl sites for hydroxylation is 2. The summed E-state index contributed by atoms with van der Waals surface area (Å²) in [6.07, 6.45) is 5.36. The second-order valence-corrected chi connectivity index (χ2v) is 5.70. The molecule has 1 atom stereocenters. The zero-order valence-corrected chi connectivity index (χ0v) is 14.9. The lowest BCUT2D eigenvalue weighted by Gasteiger charge is -2.10. The van der Waals surface area contributed by atoms with Crippen molar-refractivity contribution in [2.75, 3.05) is 5.32 Å². The van der Waals surface area contributed by atoms with Crippen LogP contribution in [0.25, 0.3) is 11.0 Å². The second kappa shape index (κ2) is 8.52. The van der Waals surface area contributed by atoms with E-state index in [1.165, 1.54) is 19.3 Å². The van der Waals surface area contributed by atoms with Crippen molar-refractivity contribution >= 4 is 47.4 Å². The summed E-state index contributed by atoms with van der Waals surface area (Å²) in [7, 11) is 0. The minimum atomic E-state index is -0.459. The number of fused-ring (bicyclic) bond motifs is 3. The molecule has 0 saturated carbocycles. The fourth-order valence-electron chi connectivity index (χ4n) is 2.85. The van der Waals surface area contributed by atoms with Crippen LogP contribution >= 0.6 is 24.8 Å². The average Bonchev–Trinajstić information content (AvgIpc) is 2.67. The smallest absolute Gasteiger partial charge is 0.241 e. The SMILES string of the molecule is CC[C@H](N)C(=O)Nc1ccc2c(c1)nc1n2CCCCC1.Cl.Cl. The highest BCUT2D eigenvalue weighted by Crippen LogP contribution is 2.24. The van der Waals surface area contributed by atoms with E-state index in [2.05, 4.69) is 9.88 Å². The molecule has 0 unspecified atom stereocenters. The lowest BCUT2D eigenvalue weighted by atomic mass is 10.2. The van der Waals surface area contributed by atoms with Gasteiger partial charge in [-0.25, -0.2) is 4.98 Å². The maximum absolute atomic E-state index is 11.9. The van der Waals surface area contributed by atoms with E-state index in [0.717, 1.165) is 35.5 Å². The summed E-state index contributed by atoms with van der Waals surface area (Å²) in [5, 5.41) is 2.86. The highest BCUT2D eigenvalue weighted by atomic mass is 35.5. The van der Waals surface area contributed by atoms with Gasteiger partial charge in [0.25, 0.3) is 0 Å².